The Balaban J connectivity index is 1.65. The molecule has 0 aliphatic carbocycles. The number of nitrogens with zero attached hydrogens (tertiary/aromatic N) is 2. The van der Waals surface area contributed by atoms with Crippen molar-refractivity contribution in [2.45, 2.75) is 24.2 Å². The number of hydrogen-bond acceptors (Lipinski definition) is 4. The van der Waals surface area contributed by atoms with Gasteiger partial charge in [-0.2, -0.15) is 0 Å². The van der Waals surface area contributed by atoms with Crippen molar-refractivity contribution in [1.82, 2.24) is 9.55 Å². The molecule has 0 saturated carbocycles. The minimum Gasteiger partial charge on any atom is -0.306 e. The van der Waals surface area contributed by atoms with Gasteiger partial charge in [0.05, 0.1) is 27.2 Å². The zero-order valence-electron chi connectivity index (χ0n) is 17.2. The summed E-state index contributed by atoms with van der Waals surface area (Å²) < 4.78 is 29.6. The van der Waals surface area contributed by atoms with Crippen LogP contribution in [0.1, 0.15) is 18.4 Å². The Morgan fingerprint density at radius 3 is 2.50 bits per heavy atom. The summed E-state index contributed by atoms with van der Waals surface area (Å²) in [4.78, 5) is 28.4. The molecule has 0 fully saturated rings. The second kappa shape index (κ2) is 7.80. The van der Waals surface area contributed by atoms with E-state index >= 15 is 0 Å². The summed E-state index contributed by atoms with van der Waals surface area (Å²) in [6.45, 7) is 0.375. The van der Waals surface area contributed by atoms with Gasteiger partial charge in [-0.1, -0.05) is 36.4 Å². The summed E-state index contributed by atoms with van der Waals surface area (Å²) in [5.41, 5.74) is 1.18. The molecule has 1 aliphatic heterocycles. The van der Waals surface area contributed by atoms with E-state index in [1.165, 1.54) is 16.4 Å². The maximum Gasteiger partial charge on any atom is 0.333 e. The predicted octanol–water partition coefficient (Wildman–Crippen LogP) is 3.21. The van der Waals surface area contributed by atoms with E-state index in [4.69, 9.17) is 0 Å². The fourth-order valence-electron chi connectivity index (χ4n) is 4.21. The van der Waals surface area contributed by atoms with Crippen molar-refractivity contribution >= 4 is 26.6 Å². The van der Waals surface area contributed by atoms with E-state index in [-0.39, 0.29) is 10.6 Å². The van der Waals surface area contributed by atoms with Gasteiger partial charge >= 0.3 is 5.69 Å². The van der Waals surface area contributed by atoms with Gasteiger partial charge in [-0.05, 0) is 61.2 Å². The van der Waals surface area contributed by atoms with Crippen molar-refractivity contribution < 1.29 is 8.42 Å². The number of aromatic amines is 1. The molecule has 1 N–H and O–H groups in total. The Labute approximate surface area is 184 Å². The Hall–Kier alpha value is -3.65. The maximum absolute atomic E-state index is 13.6. The smallest absolute Gasteiger partial charge is 0.306 e. The highest BCUT2D eigenvalue weighted by molar-refractivity contribution is 7.92. The molecule has 3 aromatic carbocycles. The number of aromatic nitrogens is 2. The lowest BCUT2D eigenvalue weighted by Crippen LogP contribution is -2.34. The number of aryl methyl sites for hydroxylation is 1. The van der Waals surface area contributed by atoms with Crippen LogP contribution in [0.25, 0.3) is 16.6 Å². The molecular formula is C24H21N3O4S. The zero-order chi connectivity index (χ0) is 22.3. The van der Waals surface area contributed by atoms with Crippen LogP contribution in [0, 0.1) is 0 Å². The lowest BCUT2D eigenvalue weighted by atomic mass is 10.1. The van der Waals surface area contributed by atoms with Crippen LogP contribution >= 0.6 is 0 Å². The van der Waals surface area contributed by atoms with Crippen molar-refractivity contribution in [1.29, 1.82) is 0 Å². The highest BCUT2D eigenvalue weighted by atomic mass is 32.2. The number of hydrogen-bond donors (Lipinski definition) is 1. The third kappa shape index (κ3) is 3.33. The normalized spacial score (nSPS) is 14.2. The van der Waals surface area contributed by atoms with Gasteiger partial charge in [0, 0.05) is 6.54 Å². The summed E-state index contributed by atoms with van der Waals surface area (Å²) >= 11 is 0. The van der Waals surface area contributed by atoms with E-state index in [1.807, 2.05) is 24.3 Å². The molecule has 0 atom stereocenters. The molecule has 5 rings (SSSR count). The molecule has 0 bridgehead atoms. The summed E-state index contributed by atoms with van der Waals surface area (Å²) in [7, 11) is -3.89. The SMILES string of the molecule is O=c1[nH]c2ccccc2c(=O)n1-c1cccc(S(=O)(=O)N2CCCCc3ccccc32)c1. The Morgan fingerprint density at radius 2 is 1.62 bits per heavy atom. The molecule has 32 heavy (non-hydrogen) atoms. The van der Waals surface area contributed by atoms with Crippen LogP contribution in [0.4, 0.5) is 5.69 Å². The van der Waals surface area contributed by atoms with Crippen molar-refractivity contribution in [2.24, 2.45) is 0 Å². The average molecular weight is 448 g/mol. The maximum atomic E-state index is 13.6. The van der Waals surface area contributed by atoms with Gasteiger partial charge in [0.25, 0.3) is 15.6 Å². The third-order valence-electron chi connectivity index (χ3n) is 5.79. The molecule has 0 amide bonds. The molecule has 1 aromatic heterocycles. The summed E-state index contributed by atoms with van der Waals surface area (Å²) in [6.07, 6.45) is 2.48. The van der Waals surface area contributed by atoms with Crippen molar-refractivity contribution in [2.75, 3.05) is 10.8 Å². The van der Waals surface area contributed by atoms with Gasteiger partial charge in [-0.15, -0.1) is 0 Å². The lowest BCUT2D eigenvalue weighted by molar-refractivity contribution is 0.589. The number of H-pyrrole nitrogens is 1. The molecule has 0 unspecified atom stereocenters. The van der Waals surface area contributed by atoms with Crippen LogP contribution in [0.5, 0.6) is 0 Å². The molecule has 162 valence electrons. The predicted molar refractivity (Wildman–Crippen MR) is 124 cm³/mol. The second-order valence-corrected chi connectivity index (χ2v) is 9.64. The largest absolute Gasteiger partial charge is 0.333 e. The van der Waals surface area contributed by atoms with E-state index in [0.29, 0.717) is 23.1 Å². The van der Waals surface area contributed by atoms with Gasteiger partial charge in [-0.25, -0.2) is 17.8 Å². The summed E-state index contributed by atoms with van der Waals surface area (Å²) in [6, 6.07) is 20.2. The highest BCUT2D eigenvalue weighted by Crippen LogP contribution is 2.31. The fraction of sp³-hybridized carbons (Fsp3) is 0.167. The first kappa shape index (κ1) is 20.3. The van der Waals surface area contributed by atoms with Crippen molar-refractivity contribution in [3.63, 3.8) is 0 Å². The van der Waals surface area contributed by atoms with Gasteiger partial charge in [0.15, 0.2) is 0 Å². The molecule has 2 heterocycles. The van der Waals surface area contributed by atoms with Gasteiger partial charge < -0.3 is 4.98 Å². The van der Waals surface area contributed by atoms with E-state index in [2.05, 4.69) is 4.98 Å². The Morgan fingerprint density at radius 1 is 0.844 bits per heavy atom. The first-order chi connectivity index (χ1) is 15.5. The quantitative estimate of drug-likeness (QED) is 0.522. The Kier molecular flexibility index (Phi) is 4.94. The van der Waals surface area contributed by atoms with Crippen LogP contribution in [-0.4, -0.2) is 24.5 Å². The summed E-state index contributed by atoms with van der Waals surface area (Å²) in [5.74, 6) is 0. The van der Waals surface area contributed by atoms with Crippen LogP contribution < -0.4 is 15.6 Å². The molecule has 8 heteroatoms. The second-order valence-electron chi connectivity index (χ2n) is 7.78. The molecule has 0 spiro atoms. The van der Waals surface area contributed by atoms with E-state index in [0.717, 1.165) is 29.4 Å². The number of fused-ring (bicyclic) bond motifs is 2. The van der Waals surface area contributed by atoms with Gasteiger partial charge in [0.2, 0.25) is 0 Å². The average Bonchev–Trinajstić information content (AvgIpc) is 3.02. The van der Waals surface area contributed by atoms with Gasteiger partial charge in [-0.3, -0.25) is 9.10 Å². The molecule has 4 aromatic rings. The van der Waals surface area contributed by atoms with Crippen LogP contribution in [0.2, 0.25) is 0 Å². The van der Waals surface area contributed by atoms with E-state index < -0.39 is 21.3 Å². The number of benzene rings is 3. The van der Waals surface area contributed by atoms with Crippen LogP contribution in [-0.2, 0) is 16.4 Å². The number of nitrogens with one attached hydrogen (secondary N) is 1. The molecule has 0 radical (unpaired) electrons. The topological polar surface area (TPSA) is 92.2 Å². The van der Waals surface area contributed by atoms with Gasteiger partial charge in [0.1, 0.15) is 0 Å². The third-order valence-corrected chi connectivity index (χ3v) is 7.60. The van der Waals surface area contributed by atoms with E-state index in [9.17, 15) is 18.0 Å². The molecular weight excluding hydrogens is 426 g/mol. The minimum absolute atomic E-state index is 0.0335. The number of para-hydroxylation sites is 2. The minimum atomic E-state index is -3.89. The monoisotopic (exact) mass is 447 g/mol. The highest BCUT2D eigenvalue weighted by Gasteiger charge is 2.28. The standard InChI is InChI=1S/C24H21N3O4S/c28-23-20-12-2-3-13-21(20)25-24(29)27(23)18-10-7-11-19(16-18)32(30,31)26-15-6-5-9-17-8-1-4-14-22(17)26/h1-4,7-8,10-14,16H,5-6,9,15H2,(H,25,29). The lowest BCUT2D eigenvalue weighted by Gasteiger charge is -2.24. The first-order valence-corrected chi connectivity index (χ1v) is 11.9. The number of sulfonamides is 1. The first-order valence-electron chi connectivity index (χ1n) is 10.4. The van der Waals surface area contributed by atoms with Crippen LogP contribution in [0.15, 0.2) is 87.3 Å². The van der Waals surface area contributed by atoms with Crippen molar-refractivity contribution in [3.05, 3.63) is 99.2 Å². The number of anilines is 1. The molecule has 0 saturated heterocycles. The summed E-state index contributed by atoms with van der Waals surface area (Å²) in [5, 5.41) is 0.349. The molecule has 1 aliphatic rings. The number of rotatable bonds is 3. The van der Waals surface area contributed by atoms with E-state index in [1.54, 1.807) is 36.4 Å². The fourth-order valence-corrected chi connectivity index (χ4v) is 5.79. The zero-order valence-corrected chi connectivity index (χ0v) is 18.0. The molecule has 7 nitrogen and oxygen atoms in total. The Bertz CT molecular complexity index is 1550. The van der Waals surface area contributed by atoms with Crippen LogP contribution in [0.3, 0.4) is 0 Å². The van der Waals surface area contributed by atoms with Crippen molar-refractivity contribution in [3.8, 4) is 5.69 Å².